The van der Waals surface area contributed by atoms with Crippen LogP contribution in [0.5, 0.6) is 0 Å². The van der Waals surface area contributed by atoms with Crippen molar-refractivity contribution in [2.75, 3.05) is 5.32 Å². The van der Waals surface area contributed by atoms with Crippen LogP contribution in [0.1, 0.15) is 36.6 Å². The van der Waals surface area contributed by atoms with E-state index >= 15 is 0 Å². The van der Waals surface area contributed by atoms with E-state index in [2.05, 4.69) is 15.6 Å². The van der Waals surface area contributed by atoms with Crippen LogP contribution in [0.25, 0.3) is 0 Å². The summed E-state index contributed by atoms with van der Waals surface area (Å²) in [6.07, 6.45) is 3.33. The second kappa shape index (κ2) is 8.59. The minimum absolute atomic E-state index is 0.000732. The number of aromatic carboxylic acids is 1. The van der Waals surface area contributed by atoms with Crippen LogP contribution in [0.15, 0.2) is 73.1 Å². The average molecular weight is 374 g/mol. The van der Waals surface area contributed by atoms with Gasteiger partial charge in [0.05, 0.1) is 5.97 Å². The van der Waals surface area contributed by atoms with Crippen molar-refractivity contribution in [3.8, 4) is 0 Å². The number of nitrogens with zero attached hydrogens (tertiary/aromatic N) is 1. The lowest BCUT2D eigenvalue weighted by molar-refractivity contribution is -0.255. The molecule has 0 fully saturated rings. The molecule has 140 valence electrons. The molecule has 0 aliphatic carbocycles. The van der Waals surface area contributed by atoms with Gasteiger partial charge in [0.25, 0.3) is 11.8 Å². The standard InChI is InChI=1S/C21H17N3O4/c25-19(23-13-14-4-3-11-22-12-14)15-7-9-16(10-8-15)24-20(26)17-5-1-2-6-18(17)21(27)28/h1-12H,13H2,(H,23,25)(H,24,26)(H,27,28)/p-1. The van der Waals surface area contributed by atoms with E-state index < -0.39 is 11.9 Å². The van der Waals surface area contributed by atoms with Crippen molar-refractivity contribution in [1.29, 1.82) is 0 Å². The highest BCUT2D eigenvalue weighted by molar-refractivity contribution is 6.10. The molecule has 2 aromatic carbocycles. The van der Waals surface area contributed by atoms with E-state index in [1.807, 2.05) is 6.07 Å². The van der Waals surface area contributed by atoms with Gasteiger partial charge in [0, 0.05) is 41.3 Å². The van der Waals surface area contributed by atoms with Crippen molar-refractivity contribution < 1.29 is 19.5 Å². The number of nitrogens with one attached hydrogen (secondary N) is 2. The molecule has 7 heteroatoms. The minimum atomic E-state index is -1.42. The van der Waals surface area contributed by atoms with Crippen LogP contribution in [0.2, 0.25) is 0 Å². The lowest BCUT2D eigenvalue weighted by Gasteiger charge is -2.11. The summed E-state index contributed by atoms with van der Waals surface area (Å²) in [6.45, 7) is 0.352. The predicted octanol–water partition coefficient (Wildman–Crippen LogP) is 1.63. The summed E-state index contributed by atoms with van der Waals surface area (Å²) in [4.78, 5) is 39.6. The maximum atomic E-state index is 12.3. The molecule has 28 heavy (non-hydrogen) atoms. The van der Waals surface area contributed by atoms with Crippen molar-refractivity contribution in [1.82, 2.24) is 10.3 Å². The predicted molar refractivity (Wildman–Crippen MR) is 101 cm³/mol. The fourth-order valence-electron chi connectivity index (χ4n) is 2.55. The maximum absolute atomic E-state index is 12.3. The number of carbonyl (C=O) groups is 3. The summed E-state index contributed by atoms with van der Waals surface area (Å²) in [5, 5.41) is 16.5. The number of rotatable bonds is 6. The third-order valence-corrected chi connectivity index (χ3v) is 3.97. The van der Waals surface area contributed by atoms with Gasteiger partial charge in [-0.15, -0.1) is 0 Å². The highest BCUT2D eigenvalue weighted by atomic mass is 16.4. The number of benzene rings is 2. The van der Waals surface area contributed by atoms with Gasteiger partial charge < -0.3 is 20.5 Å². The Hall–Kier alpha value is -4.00. The zero-order valence-electron chi connectivity index (χ0n) is 14.7. The van der Waals surface area contributed by atoms with Crippen molar-refractivity contribution in [2.24, 2.45) is 0 Å². The van der Waals surface area contributed by atoms with E-state index in [9.17, 15) is 19.5 Å². The first kappa shape index (κ1) is 18.8. The second-order valence-corrected chi connectivity index (χ2v) is 5.91. The van der Waals surface area contributed by atoms with E-state index in [1.165, 1.54) is 18.2 Å². The van der Waals surface area contributed by atoms with Crippen LogP contribution in [-0.2, 0) is 6.54 Å². The third kappa shape index (κ3) is 4.59. The SMILES string of the molecule is O=C(NCc1cccnc1)c1ccc(NC(=O)c2ccccc2C(=O)[O-])cc1. The van der Waals surface area contributed by atoms with Crippen LogP contribution < -0.4 is 15.7 Å². The highest BCUT2D eigenvalue weighted by Gasteiger charge is 2.12. The molecule has 7 nitrogen and oxygen atoms in total. The fraction of sp³-hybridized carbons (Fsp3) is 0.0476. The van der Waals surface area contributed by atoms with Crippen molar-refractivity contribution in [2.45, 2.75) is 6.54 Å². The molecule has 0 radical (unpaired) electrons. The number of carbonyl (C=O) groups excluding carboxylic acids is 3. The number of anilines is 1. The Kier molecular flexibility index (Phi) is 5.76. The van der Waals surface area contributed by atoms with Crippen LogP contribution >= 0.6 is 0 Å². The van der Waals surface area contributed by atoms with Gasteiger partial charge >= 0.3 is 0 Å². The molecule has 0 saturated heterocycles. The lowest BCUT2D eigenvalue weighted by Crippen LogP contribution is -2.26. The van der Waals surface area contributed by atoms with Gasteiger partial charge in [-0.2, -0.15) is 0 Å². The second-order valence-electron chi connectivity index (χ2n) is 5.91. The van der Waals surface area contributed by atoms with Gasteiger partial charge in [-0.1, -0.05) is 24.3 Å². The molecule has 0 bridgehead atoms. The molecule has 0 saturated carbocycles. The molecular weight excluding hydrogens is 358 g/mol. The number of hydrogen-bond donors (Lipinski definition) is 2. The summed E-state index contributed by atoms with van der Waals surface area (Å²) in [5.41, 5.74) is 1.55. The van der Waals surface area contributed by atoms with Crippen molar-refractivity contribution >= 4 is 23.5 Å². The topological polar surface area (TPSA) is 111 Å². The Morgan fingerprint density at radius 1 is 0.857 bits per heavy atom. The molecule has 0 aliphatic rings. The average Bonchev–Trinajstić information content (AvgIpc) is 2.73. The molecular formula is C21H16N3O4-. The molecule has 1 heterocycles. The number of pyridine rings is 1. The maximum Gasteiger partial charge on any atom is 0.256 e. The van der Waals surface area contributed by atoms with E-state index in [-0.39, 0.29) is 17.0 Å². The van der Waals surface area contributed by atoms with Gasteiger partial charge in [-0.3, -0.25) is 14.6 Å². The van der Waals surface area contributed by atoms with Gasteiger partial charge in [0.15, 0.2) is 0 Å². The van der Waals surface area contributed by atoms with Gasteiger partial charge in [0.2, 0.25) is 0 Å². The molecule has 2 amide bonds. The Labute approximate surface area is 161 Å². The molecule has 3 rings (SSSR count). The van der Waals surface area contributed by atoms with Crippen LogP contribution in [-0.4, -0.2) is 22.8 Å². The summed E-state index contributed by atoms with van der Waals surface area (Å²) in [6, 6.07) is 15.7. The highest BCUT2D eigenvalue weighted by Crippen LogP contribution is 2.14. The number of carboxylic acid groups (broad SMARTS) is 1. The first-order valence-corrected chi connectivity index (χ1v) is 8.43. The first-order chi connectivity index (χ1) is 13.5. The molecule has 3 aromatic rings. The lowest BCUT2D eigenvalue weighted by atomic mass is 10.1. The monoisotopic (exact) mass is 374 g/mol. The summed E-state index contributed by atoms with van der Waals surface area (Å²) in [5.74, 6) is -2.26. The van der Waals surface area contributed by atoms with E-state index in [0.29, 0.717) is 17.8 Å². The number of amides is 2. The smallest absolute Gasteiger partial charge is 0.256 e. The Morgan fingerprint density at radius 2 is 1.57 bits per heavy atom. The summed E-state index contributed by atoms with van der Waals surface area (Å²) in [7, 11) is 0. The fourth-order valence-corrected chi connectivity index (χ4v) is 2.55. The molecule has 0 aliphatic heterocycles. The quantitative estimate of drug-likeness (QED) is 0.681. The number of hydrogen-bond acceptors (Lipinski definition) is 5. The molecule has 0 atom stereocenters. The Balaban J connectivity index is 1.63. The van der Waals surface area contributed by atoms with Crippen molar-refractivity contribution in [3.05, 3.63) is 95.3 Å². The number of carboxylic acids is 1. The van der Waals surface area contributed by atoms with Crippen molar-refractivity contribution in [3.63, 3.8) is 0 Å². The largest absolute Gasteiger partial charge is 0.545 e. The Morgan fingerprint density at radius 3 is 2.21 bits per heavy atom. The first-order valence-electron chi connectivity index (χ1n) is 8.43. The molecule has 0 spiro atoms. The molecule has 2 N–H and O–H groups in total. The summed E-state index contributed by atoms with van der Waals surface area (Å²) >= 11 is 0. The normalized spacial score (nSPS) is 10.1. The molecule has 1 aromatic heterocycles. The minimum Gasteiger partial charge on any atom is -0.545 e. The van der Waals surface area contributed by atoms with Crippen LogP contribution in [0.4, 0.5) is 5.69 Å². The van der Waals surface area contributed by atoms with E-state index in [0.717, 1.165) is 5.56 Å². The van der Waals surface area contributed by atoms with E-state index in [1.54, 1.807) is 48.8 Å². The van der Waals surface area contributed by atoms with Gasteiger partial charge in [-0.25, -0.2) is 0 Å². The zero-order chi connectivity index (χ0) is 19.9. The third-order valence-electron chi connectivity index (χ3n) is 3.97. The summed E-state index contributed by atoms with van der Waals surface area (Å²) < 4.78 is 0. The molecule has 0 unspecified atom stereocenters. The van der Waals surface area contributed by atoms with Crippen LogP contribution in [0.3, 0.4) is 0 Å². The van der Waals surface area contributed by atoms with Gasteiger partial charge in [0.1, 0.15) is 0 Å². The number of aromatic nitrogens is 1. The van der Waals surface area contributed by atoms with E-state index in [4.69, 9.17) is 0 Å². The van der Waals surface area contributed by atoms with Crippen LogP contribution in [0, 0.1) is 0 Å². The Bertz CT molecular complexity index is 1000. The zero-order valence-corrected chi connectivity index (χ0v) is 14.7. The van der Waals surface area contributed by atoms with Gasteiger partial charge in [-0.05, 0) is 42.0 Å².